The van der Waals surface area contributed by atoms with Gasteiger partial charge in [-0.25, -0.2) is 4.79 Å². The Balaban J connectivity index is 2.58. The predicted molar refractivity (Wildman–Crippen MR) is 120 cm³/mol. The normalized spacial score (nSPS) is 23.5. The number of hydrogen-bond acceptors (Lipinski definition) is 12. The van der Waals surface area contributed by atoms with E-state index in [0.29, 0.717) is 22.4 Å². The summed E-state index contributed by atoms with van der Waals surface area (Å²) in [6.45, 7) is 3.31. The maximum absolute atomic E-state index is 12.5. The van der Waals surface area contributed by atoms with E-state index in [2.05, 4.69) is 15.9 Å². The third-order valence-corrected chi connectivity index (χ3v) is 5.36. The van der Waals surface area contributed by atoms with Gasteiger partial charge in [-0.15, -0.1) is 0 Å². The van der Waals surface area contributed by atoms with E-state index >= 15 is 0 Å². The lowest BCUT2D eigenvalue weighted by molar-refractivity contribution is -0.282. The summed E-state index contributed by atoms with van der Waals surface area (Å²) < 4.78 is 43.1. The van der Waals surface area contributed by atoms with Crippen molar-refractivity contribution in [3.05, 3.63) is 17.7 Å². The Morgan fingerprint density at radius 1 is 0.829 bits per heavy atom. The SMILES string of the molecule is COC(=O)[C@H]1O[C@@H](Oc2cc(OC)c(CBr)c(OC)c2)[C@H](OC(C)=O)[C@@H](OC(C)=O)[C@@H]1OC(C)=O. The second-order valence-electron chi connectivity index (χ2n) is 7.23. The molecular weight excluding hydrogens is 536 g/mol. The van der Waals surface area contributed by atoms with Gasteiger partial charge in [-0.3, -0.25) is 14.4 Å². The number of alkyl halides is 1. The topological polar surface area (TPSA) is 142 Å². The minimum atomic E-state index is -1.57. The number of benzene rings is 1. The van der Waals surface area contributed by atoms with E-state index in [1.807, 2.05) is 0 Å². The molecule has 0 saturated carbocycles. The van der Waals surface area contributed by atoms with Gasteiger partial charge in [0.2, 0.25) is 12.4 Å². The van der Waals surface area contributed by atoms with Crippen molar-refractivity contribution in [3.8, 4) is 17.2 Å². The lowest BCUT2D eigenvalue weighted by atomic mass is 9.97. The molecule has 1 aliphatic rings. The van der Waals surface area contributed by atoms with Crippen molar-refractivity contribution < 1.29 is 57.1 Å². The number of carbonyl (C=O) groups is 4. The van der Waals surface area contributed by atoms with Crippen LogP contribution in [0.4, 0.5) is 0 Å². The van der Waals surface area contributed by atoms with Crippen LogP contribution in [0.1, 0.15) is 26.3 Å². The summed E-state index contributed by atoms with van der Waals surface area (Å²) >= 11 is 3.36. The van der Waals surface area contributed by atoms with E-state index in [1.54, 1.807) is 0 Å². The third kappa shape index (κ3) is 6.98. The molecule has 1 heterocycles. The maximum atomic E-state index is 12.5. The maximum Gasteiger partial charge on any atom is 0.339 e. The molecule has 0 bridgehead atoms. The molecule has 1 aromatic carbocycles. The summed E-state index contributed by atoms with van der Waals surface area (Å²) in [6, 6.07) is 3.05. The first kappa shape index (κ1) is 28.2. The quantitative estimate of drug-likeness (QED) is 0.245. The lowest BCUT2D eigenvalue weighted by Gasteiger charge is -2.43. The van der Waals surface area contributed by atoms with Gasteiger partial charge in [0.1, 0.15) is 17.2 Å². The zero-order valence-electron chi connectivity index (χ0n) is 20.0. The summed E-state index contributed by atoms with van der Waals surface area (Å²) in [7, 11) is 4.01. The first-order valence-corrected chi connectivity index (χ1v) is 11.4. The van der Waals surface area contributed by atoms with Gasteiger partial charge in [-0.2, -0.15) is 0 Å². The van der Waals surface area contributed by atoms with E-state index in [0.717, 1.165) is 27.9 Å². The molecule has 1 aliphatic heterocycles. The molecule has 2 rings (SSSR count). The Bertz CT molecular complexity index is 923. The van der Waals surface area contributed by atoms with Crippen LogP contribution in [0.5, 0.6) is 17.2 Å². The van der Waals surface area contributed by atoms with Crippen LogP contribution in [0.2, 0.25) is 0 Å². The number of rotatable bonds is 9. The van der Waals surface area contributed by atoms with E-state index in [-0.39, 0.29) is 5.75 Å². The second kappa shape index (κ2) is 12.6. The van der Waals surface area contributed by atoms with E-state index in [4.69, 9.17) is 37.9 Å². The molecule has 0 radical (unpaired) electrons. The van der Waals surface area contributed by atoms with Crippen LogP contribution in [-0.4, -0.2) is 75.9 Å². The van der Waals surface area contributed by atoms with Crippen LogP contribution in [0.3, 0.4) is 0 Å². The number of halogens is 1. The number of carbonyl (C=O) groups excluding carboxylic acids is 4. The smallest absolute Gasteiger partial charge is 0.339 e. The van der Waals surface area contributed by atoms with Crippen LogP contribution in [0.25, 0.3) is 0 Å². The average Bonchev–Trinajstić information content (AvgIpc) is 2.80. The Labute approximate surface area is 210 Å². The van der Waals surface area contributed by atoms with Crippen LogP contribution in [-0.2, 0) is 48.2 Å². The first-order chi connectivity index (χ1) is 16.6. The molecule has 0 amide bonds. The highest BCUT2D eigenvalue weighted by atomic mass is 79.9. The largest absolute Gasteiger partial charge is 0.496 e. The molecule has 1 fully saturated rings. The van der Waals surface area contributed by atoms with E-state index in [9.17, 15) is 19.2 Å². The summed E-state index contributed by atoms with van der Waals surface area (Å²) in [5.74, 6) is -2.32. The first-order valence-electron chi connectivity index (χ1n) is 10.3. The Morgan fingerprint density at radius 2 is 1.31 bits per heavy atom. The molecule has 5 atom stereocenters. The van der Waals surface area contributed by atoms with Crippen molar-refractivity contribution >= 4 is 39.8 Å². The Hall–Kier alpha value is -3.06. The van der Waals surface area contributed by atoms with Crippen LogP contribution in [0, 0.1) is 0 Å². The molecule has 0 N–H and O–H groups in total. The molecule has 35 heavy (non-hydrogen) atoms. The predicted octanol–water partition coefficient (Wildman–Crippen LogP) is 1.67. The molecule has 194 valence electrons. The van der Waals surface area contributed by atoms with Gasteiger partial charge in [0.05, 0.1) is 21.3 Å². The summed E-state index contributed by atoms with van der Waals surface area (Å²) in [6.07, 6.45) is -7.46. The minimum Gasteiger partial charge on any atom is -0.496 e. The van der Waals surface area contributed by atoms with Gasteiger partial charge in [0, 0.05) is 43.8 Å². The fraction of sp³-hybridized carbons (Fsp3) is 0.545. The molecule has 0 unspecified atom stereocenters. The average molecular weight is 563 g/mol. The summed E-state index contributed by atoms with van der Waals surface area (Å²) in [5.41, 5.74) is 0.698. The monoisotopic (exact) mass is 562 g/mol. The van der Waals surface area contributed by atoms with Crippen LogP contribution in [0.15, 0.2) is 12.1 Å². The molecule has 0 aromatic heterocycles. The van der Waals surface area contributed by atoms with Crippen molar-refractivity contribution in [2.24, 2.45) is 0 Å². The zero-order valence-corrected chi connectivity index (χ0v) is 21.6. The van der Waals surface area contributed by atoms with Crippen molar-refractivity contribution in [3.63, 3.8) is 0 Å². The van der Waals surface area contributed by atoms with Crippen molar-refractivity contribution in [1.29, 1.82) is 0 Å². The van der Waals surface area contributed by atoms with E-state index < -0.39 is 54.6 Å². The third-order valence-electron chi connectivity index (χ3n) is 4.80. The van der Waals surface area contributed by atoms with Gasteiger partial charge < -0.3 is 37.9 Å². The van der Waals surface area contributed by atoms with Gasteiger partial charge in [0.25, 0.3) is 0 Å². The van der Waals surface area contributed by atoms with Gasteiger partial charge in [-0.1, -0.05) is 15.9 Å². The summed E-state index contributed by atoms with van der Waals surface area (Å²) in [4.78, 5) is 48.1. The van der Waals surface area contributed by atoms with Crippen molar-refractivity contribution in [2.45, 2.75) is 56.8 Å². The van der Waals surface area contributed by atoms with Gasteiger partial charge in [0.15, 0.2) is 18.3 Å². The Kier molecular flexibility index (Phi) is 10.1. The summed E-state index contributed by atoms with van der Waals surface area (Å²) in [5, 5.41) is 0.415. The highest BCUT2D eigenvalue weighted by Crippen LogP contribution is 2.38. The standard InChI is InChI=1S/C22H27BrO12/c1-10(24)31-17-18(32-11(2)25)20(33-12(3)26)22(35-19(17)21(27)30-6)34-13-7-15(28-4)14(9-23)16(8-13)29-5/h7-8,17-20,22H,9H2,1-6H3/t17-,18-,19-,20+,22+/m0/s1. The zero-order chi connectivity index (χ0) is 26.3. The minimum absolute atomic E-state index is 0.154. The number of ether oxygens (including phenoxy) is 8. The molecule has 13 heteroatoms. The number of esters is 4. The fourth-order valence-electron chi connectivity index (χ4n) is 3.47. The van der Waals surface area contributed by atoms with Crippen LogP contribution >= 0.6 is 15.9 Å². The van der Waals surface area contributed by atoms with Crippen molar-refractivity contribution in [2.75, 3.05) is 21.3 Å². The molecule has 1 saturated heterocycles. The molecule has 0 spiro atoms. The molecule has 1 aromatic rings. The van der Waals surface area contributed by atoms with E-state index in [1.165, 1.54) is 26.4 Å². The van der Waals surface area contributed by atoms with Gasteiger partial charge in [-0.05, 0) is 0 Å². The highest BCUT2D eigenvalue weighted by molar-refractivity contribution is 9.08. The Morgan fingerprint density at radius 3 is 1.74 bits per heavy atom. The van der Waals surface area contributed by atoms with Crippen LogP contribution < -0.4 is 14.2 Å². The second-order valence-corrected chi connectivity index (χ2v) is 7.79. The number of methoxy groups -OCH3 is 3. The highest BCUT2D eigenvalue weighted by Gasteiger charge is 2.55. The molecular formula is C22H27BrO12. The molecule has 12 nitrogen and oxygen atoms in total. The van der Waals surface area contributed by atoms with Crippen molar-refractivity contribution in [1.82, 2.24) is 0 Å². The number of hydrogen-bond donors (Lipinski definition) is 0. The molecule has 0 aliphatic carbocycles. The lowest BCUT2D eigenvalue weighted by Crippen LogP contribution is -2.64. The van der Waals surface area contributed by atoms with Gasteiger partial charge >= 0.3 is 23.9 Å². The fourth-order valence-corrected chi connectivity index (χ4v) is 4.02.